The number of rotatable bonds is 7. The Morgan fingerprint density at radius 3 is 2.50 bits per heavy atom. The number of likely N-dealkylation sites (tertiary alicyclic amines) is 1. The van der Waals surface area contributed by atoms with Gasteiger partial charge in [0.15, 0.2) is 0 Å². The normalized spacial score (nSPS) is 14.5. The van der Waals surface area contributed by atoms with Crippen molar-refractivity contribution in [1.29, 1.82) is 0 Å². The summed E-state index contributed by atoms with van der Waals surface area (Å²) in [4.78, 5) is 26.7. The van der Waals surface area contributed by atoms with Gasteiger partial charge in [0.05, 0.1) is 22.2 Å². The van der Waals surface area contributed by atoms with Crippen molar-refractivity contribution in [2.75, 3.05) is 24.9 Å². The van der Waals surface area contributed by atoms with E-state index in [0.29, 0.717) is 21.7 Å². The van der Waals surface area contributed by atoms with Gasteiger partial charge in [-0.3, -0.25) is 18.9 Å². The number of carbonyl (C=O) groups is 1. The predicted octanol–water partition coefficient (Wildman–Crippen LogP) is 3.28. The van der Waals surface area contributed by atoms with Crippen molar-refractivity contribution < 1.29 is 17.9 Å². The Bertz CT molecular complexity index is 1270. The monoisotopic (exact) mass is 475 g/mol. The lowest BCUT2D eigenvalue weighted by Gasteiger charge is -2.26. The van der Waals surface area contributed by atoms with Gasteiger partial charge >= 0.3 is 4.87 Å². The van der Waals surface area contributed by atoms with Gasteiger partial charge in [-0.2, -0.15) is 0 Å². The SMILES string of the molecule is COc1ccc(NS(=O)(=O)c2ccc3c(c2)sc(=O)n3CCC(=O)N2CCCCC2)cc1. The van der Waals surface area contributed by atoms with E-state index in [4.69, 9.17) is 4.74 Å². The second-order valence-corrected chi connectivity index (χ2v) is 10.4. The lowest BCUT2D eigenvalue weighted by atomic mass is 10.1. The molecule has 1 aliphatic heterocycles. The summed E-state index contributed by atoms with van der Waals surface area (Å²) >= 11 is 0.981. The van der Waals surface area contributed by atoms with Gasteiger partial charge in [-0.1, -0.05) is 11.3 Å². The lowest BCUT2D eigenvalue weighted by molar-refractivity contribution is -0.132. The molecule has 10 heteroatoms. The van der Waals surface area contributed by atoms with Crippen LogP contribution in [0.4, 0.5) is 5.69 Å². The van der Waals surface area contributed by atoms with Crippen LogP contribution in [0.25, 0.3) is 10.2 Å². The van der Waals surface area contributed by atoms with Crippen molar-refractivity contribution >= 4 is 43.2 Å². The molecule has 2 heterocycles. The van der Waals surface area contributed by atoms with E-state index in [1.807, 2.05) is 4.90 Å². The van der Waals surface area contributed by atoms with Crippen LogP contribution in [0.15, 0.2) is 52.2 Å². The first-order chi connectivity index (χ1) is 15.4. The summed E-state index contributed by atoms with van der Waals surface area (Å²) in [5.41, 5.74) is 1.04. The molecule has 1 aromatic heterocycles. The number of fused-ring (bicyclic) bond motifs is 1. The molecule has 1 amide bonds. The minimum Gasteiger partial charge on any atom is -0.497 e. The second-order valence-electron chi connectivity index (χ2n) is 7.67. The number of nitrogens with one attached hydrogen (secondary N) is 1. The molecule has 0 atom stereocenters. The number of hydrogen-bond donors (Lipinski definition) is 1. The molecule has 0 bridgehead atoms. The van der Waals surface area contributed by atoms with E-state index in [1.54, 1.807) is 34.9 Å². The molecule has 170 valence electrons. The molecule has 0 saturated carbocycles. The molecule has 0 radical (unpaired) electrons. The van der Waals surface area contributed by atoms with Crippen LogP contribution >= 0.6 is 11.3 Å². The third-order valence-electron chi connectivity index (χ3n) is 5.55. The van der Waals surface area contributed by atoms with E-state index < -0.39 is 10.0 Å². The first-order valence-corrected chi connectivity index (χ1v) is 12.8. The molecule has 32 heavy (non-hydrogen) atoms. The van der Waals surface area contributed by atoms with E-state index in [-0.39, 0.29) is 28.6 Å². The summed E-state index contributed by atoms with van der Waals surface area (Å²) in [6.45, 7) is 1.84. The number of piperidine rings is 1. The predicted molar refractivity (Wildman–Crippen MR) is 125 cm³/mol. The van der Waals surface area contributed by atoms with Crippen LogP contribution in [0.3, 0.4) is 0 Å². The first-order valence-electron chi connectivity index (χ1n) is 10.5. The Kier molecular flexibility index (Phi) is 6.52. The number of anilines is 1. The highest BCUT2D eigenvalue weighted by molar-refractivity contribution is 7.92. The lowest BCUT2D eigenvalue weighted by Crippen LogP contribution is -2.36. The van der Waals surface area contributed by atoms with Crippen LogP contribution in [0.1, 0.15) is 25.7 Å². The van der Waals surface area contributed by atoms with Gasteiger partial charge in [0.1, 0.15) is 5.75 Å². The van der Waals surface area contributed by atoms with Crippen molar-refractivity contribution in [3.63, 3.8) is 0 Å². The summed E-state index contributed by atoms with van der Waals surface area (Å²) in [5.74, 6) is 0.679. The maximum absolute atomic E-state index is 12.8. The van der Waals surface area contributed by atoms with Gasteiger partial charge in [0.25, 0.3) is 10.0 Å². The molecule has 0 aliphatic carbocycles. The van der Waals surface area contributed by atoms with E-state index in [9.17, 15) is 18.0 Å². The molecular weight excluding hydrogens is 450 g/mol. The van der Waals surface area contributed by atoms with Crippen molar-refractivity contribution in [2.24, 2.45) is 0 Å². The Morgan fingerprint density at radius 2 is 1.81 bits per heavy atom. The van der Waals surface area contributed by atoms with Crippen LogP contribution < -0.4 is 14.3 Å². The molecule has 2 aromatic carbocycles. The number of ether oxygens (including phenoxy) is 1. The van der Waals surface area contributed by atoms with Crippen LogP contribution in [-0.2, 0) is 21.4 Å². The van der Waals surface area contributed by atoms with E-state index in [0.717, 1.165) is 43.7 Å². The Labute approximate surface area is 190 Å². The Balaban J connectivity index is 1.51. The number of hydrogen-bond acceptors (Lipinski definition) is 6. The van der Waals surface area contributed by atoms with Crippen molar-refractivity contribution in [3.05, 3.63) is 52.1 Å². The minimum absolute atomic E-state index is 0.0545. The maximum atomic E-state index is 12.8. The van der Waals surface area contributed by atoms with E-state index >= 15 is 0 Å². The van der Waals surface area contributed by atoms with Crippen molar-refractivity contribution in [1.82, 2.24) is 9.47 Å². The Hall–Kier alpha value is -2.85. The zero-order chi connectivity index (χ0) is 22.7. The number of sulfonamides is 1. The highest BCUT2D eigenvalue weighted by Gasteiger charge is 2.19. The number of nitrogens with zero attached hydrogens (tertiary/aromatic N) is 2. The topological polar surface area (TPSA) is 97.7 Å². The van der Waals surface area contributed by atoms with Gasteiger partial charge in [-0.05, 0) is 61.7 Å². The van der Waals surface area contributed by atoms with E-state index in [2.05, 4.69) is 4.72 Å². The van der Waals surface area contributed by atoms with E-state index in [1.165, 1.54) is 19.2 Å². The molecular formula is C22H25N3O5S2. The highest BCUT2D eigenvalue weighted by Crippen LogP contribution is 2.24. The van der Waals surface area contributed by atoms with Crippen LogP contribution in [0, 0.1) is 0 Å². The number of benzene rings is 2. The first kappa shape index (κ1) is 22.3. The summed E-state index contributed by atoms with van der Waals surface area (Å²) in [5, 5.41) is 0. The van der Waals surface area contributed by atoms with Crippen molar-refractivity contribution in [3.8, 4) is 5.75 Å². The van der Waals surface area contributed by atoms with Gasteiger partial charge in [-0.15, -0.1) is 0 Å². The quantitative estimate of drug-likeness (QED) is 0.566. The highest BCUT2D eigenvalue weighted by atomic mass is 32.2. The largest absolute Gasteiger partial charge is 0.497 e. The zero-order valence-corrected chi connectivity index (χ0v) is 19.4. The van der Waals surface area contributed by atoms with Gasteiger partial charge in [0.2, 0.25) is 5.91 Å². The van der Waals surface area contributed by atoms with Crippen LogP contribution in [0.5, 0.6) is 5.75 Å². The number of aromatic nitrogens is 1. The molecule has 1 fully saturated rings. The van der Waals surface area contributed by atoms with Crippen molar-refractivity contribution in [2.45, 2.75) is 37.1 Å². The van der Waals surface area contributed by atoms with Gasteiger partial charge in [0, 0.05) is 31.7 Å². The molecule has 1 aliphatic rings. The molecule has 3 aromatic rings. The molecule has 0 unspecified atom stereocenters. The number of thiazole rings is 1. The summed E-state index contributed by atoms with van der Waals surface area (Å²) < 4.78 is 35.4. The molecule has 0 spiro atoms. The minimum atomic E-state index is -3.82. The van der Waals surface area contributed by atoms with Crippen LogP contribution in [-0.4, -0.2) is 44.0 Å². The average molecular weight is 476 g/mol. The summed E-state index contributed by atoms with van der Waals surface area (Å²) in [6.07, 6.45) is 3.45. The smallest absolute Gasteiger partial charge is 0.308 e. The zero-order valence-electron chi connectivity index (χ0n) is 17.7. The van der Waals surface area contributed by atoms with Crippen LogP contribution in [0.2, 0.25) is 0 Å². The standard InChI is InChI=1S/C22H25N3O5S2/c1-30-17-7-5-16(6-8-17)23-32(28,29)18-9-10-19-20(15-18)31-22(27)25(19)14-11-21(26)24-12-3-2-4-13-24/h5-10,15,23H,2-4,11-14H2,1H3. The third-order valence-corrected chi connectivity index (χ3v) is 7.87. The molecule has 1 N–H and O–H groups in total. The number of amides is 1. The fraction of sp³-hybridized carbons (Fsp3) is 0.364. The number of carbonyl (C=O) groups excluding carboxylic acids is 1. The number of methoxy groups -OCH3 is 1. The molecule has 8 nitrogen and oxygen atoms in total. The second kappa shape index (κ2) is 9.33. The van der Waals surface area contributed by atoms with Gasteiger partial charge < -0.3 is 9.64 Å². The number of aryl methyl sites for hydroxylation is 1. The van der Waals surface area contributed by atoms with Gasteiger partial charge in [-0.25, -0.2) is 8.42 Å². The summed E-state index contributed by atoms with van der Waals surface area (Å²) in [6, 6.07) is 11.2. The fourth-order valence-corrected chi connectivity index (χ4v) is 5.92. The molecule has 1 saturated heterocycles. The molecule has 4 rings (SSSR count). The fourth-order valence-electron chi connectivity index (χ4n) is 3.81. The third kappa shape index (κ3) is 4.81. The average Bonchev–Trinajstić information content (AvgIpc) is 3.12. The maximum Gasteiger partial charge on any atom is 0.308 e. The Morgan fingerprint density at radius 1 is 1.09 bits per heavy atom. The summed E-state index contributed by atoms with van der Waals surface area (Å²) in [7, 11) is -2.29.